The van der Waals surface area contributed by atoms with Crippen LogP contribution in [0.3, 0.4) is 0 Å². The minimum absolute atomic E-state index is 0.00179. The molecule has 6 nitrogen and oxygen atoms in total. The predicted octanol–water partition coefficient (Wildman–Crippen LogP) is 21.2. The summed E-state index contributed by atoms with van der Waals surface area (Å²) in [5, 5.41) is 19.3. The highest BCUT2D eigenvalue weighted by molar-refractivity contribution is 6.74. The lowest BCUT2D eigenvalue weighted by Gasteiger charge is -2.40. The standard InChI is InChI=1S/C72H126O6Si2/c1-69(2,3)79(7,8)77-66-48-52-71(59-66,49-36-22-14-13-19-27-41-55-75-61-63-43-31-29-32-44-63)58-65(47-35-21-20-28-42-56-76-62-64-45-33-30-34-46-64)68-57-67(78-80(9,10)70(4,5)6)60-72(68,50-37-23-15-11-17-25-39-53-73)51-38-24-16-12-18-26-40-54-74/h29-34,36,43-46,49,58,66-68,73-74H,11-28,35,37-42,47-48,50-57,59-62H2,1-10H3/b49-36-,65-58+. The molecule has 2 aromatic carbocycles. The summed E-state index contributed by atoms with van der Waals surface area (Å²) in [5.41, 5.74) is 4.53. The van der Waals surface area contributed by atoms with Crippen molar-refractivity contribution in [2.45, 2.75) is 315 Å². The van der Waals surface area contributed by atoms with Gasteiger partial charge in [0.2, 0.25) is 0 Å². The number of allylic oxidation sites excluding steroid dienone is 4. The van der Waals surface area contributed by atoms with E-state index in [0.29, 0.717) is 44.6 Å². The second kappa shape index (κ2) is 38.2. The Morgan fingerprint density at radius 2 is 0.950 bits per heavy atom. The average molecular weight is 1140 g/mol. The van der Waals surface area contributed by atoms with Crippen LogP contribution in [0.15, 0.2) is 84.5 Å². The molecule has 2 aliphatic rings. The summed E-state index contributed by atoms with van der Waals surface area (Å²) in [4.78, 5) is 0. The SMILES string of the molecule is CC(C)(C)[Si](C)(C)OC1CCC(/C=C\CCCCCCCOCc2ccccc2)(/C=C(\CCCCCCCOCc2ccccc2)C2CC(O[Si](C)(C)C(C)(C)C)CC2(CCCCCCCCCO)CCCCCCCCCO)C1. The largest absolute Gasteiger partial charge is 0.414 e. The van der Waals surface area contributed by atoms with Gasteiger partial charge in [-0.05, 0) is 155 Å². The molecule has 0 aliphatic heterocycles. The summed E-state index contributed by atoms with van der Waals surface area (Å²) in [6.45, 7) is 28.2. The number of unbranched alkanes of at least 4 members (excludes halogenated alkanes) is 21. The van der Waals surface area contributed by atoms with Crippen molar-refractivity contribution in [3.8, 4) is 0 Å². The summed E-state index contributed by atoms with van der Waals surface area (Å²) < 4.78 is 27.2. The molecule has 458 valence electrons. The highest BCUT2D eigenvalue weighted by Crippen LogP contribution is 2.58. The van der Waals surface area contributed by atoms with Crippen LogP contribution in [0.25, 0.3) is 0 Å². The van der Waals surface area contributed by atoms with Crippen LogP contribution in [0.5, 0.6) is 0 Å². The van der Waals surface area contributed by atoms with Gasteiger partial charge in [-0.1, -0.05) is 242 Å². The Bertz CT molecular complexity index is 1900. The Morgan fingerprint density at radius 1 is 0.525 bits per heavy atom. The molecule has 4 rings (SSSR count). The molecule has 80 heavy (non-hydrogen) atoms. The first-order valence-corrected chi connectivity index (χ1v) is 39.4. The molecule has 0 radical (unpaired) electrons. The predicted molar refractivity (Wildman–Crippen MR) is 348 cm³/mol. The van der Waals surface area contributed by atoms with Gasteiger partial charge in [0.15, 0.2) is 16.6 Å². The van der Waals surface area contributed by atoms with Crippen molar-refractivity contribution in [3.05, 3.63) is 95.6 Å². The summed E-state index contributed by atoms with van der Waals surface area (Å²) in [6, 6.07) is 21.2. The first-order chi connectivity index (χ1) is 38.3. The zero-order chi connectivity index (χ0) is 58.1. The van der Waals surface area contributed by atoms with E-state index in [1.165, 1.54) is 165 Å². The highest BCUT2D eigenvalue weighted by atomic mass is 28.4. The van der Waals surface area contributed by atoms with Crippen LogP contribution in [0.1, 0.15) is 265 Å². The Morgan fingerprint density at radius 3 is 1.43 bits per heavy atom. The van der Waals surface area contributed by atoms with Crippen LogP contribution in [0.4, 0.5) is 0 Å². The fourth-order valence-electron chi connectivity index (χ4n) is 12.7. The highest BCUT2D eigenvalue weighted by Gasteiger charge is 2.52. The number of hydrogen-bond acceptors (Lipinski definition) is 6. The van der Waals surface area contributed by atoms with Gasteiger partial charge in [-0.25, -0.2) is 0 Å². The molecule has 0 saturated heterocycles. The zero-order valence-electron chi connectivity index (χ0n) is 53.8. The van der Waals surface area contributed by atoms with E-state index in [0.717, 1.165) is 71.0 Å². The van der Waals surface area contributed by atoms with Crippen molar-refractivity contribution in [3.63, 3.8) is 0 Å². The van der Waals surface area contributed by atoms with Crippen molar-refractivity contribution < 1.29 is 28.5 Å². The lowest BCUT2D eigenvalue weighted by atomic mass is 9.65. The van der Waals surface area contributed by atoms with Gasteiger partial charge in [-0.3, -0.25) is 0 Å². The van der Waals surface area contributed by atoms with E-state index < -0.39 is 16.6 Å². The van der Waals surface area contributed by atoms with Crippen LogP contribution >= 0.6 is 0 Å². The number of ether oxygens (including phenoxy) is 2. The fraction of sp³-hybridized carbons (Fsp3) is 0.778. The number of rotatable bonds is 45. The second-order valence-electron chi connectivity index (χ2n) is 28.5. The van der Waals surface area contributed by atoms with Crippen molar-refractivity contribution >= 4 is 16.6 Å². The molecule has 0 bridgehead atoms. The van der Waals surface area contributed by atoms with Crippen molar-refractivity contribution in [1.82, 2.24) is 0 Å². The maximum Gasteiger partial charge on any atom is 0.192 e. The van der Waals surface area contributed by atoms with Gasteiger partial charge in [0.25, 0.3) is 0 Å². The topological polar surface area (TPSA) is 77.4 Å². The number of hydrogen-bond donors (Lipinski definition) is 2. The maximum atomic E-state index is 9.46. The summed E-state index contributed by atoms with van der Waals surface area (Å²) in [5.74, 6) is 0.528. The van der Waals surface area contributed by atoms with Crippen molar-refractivity contribution in [2.75, 3.05) is 26.4 Å². The second-order valence-corrected chi connectivity index (χ2v) is 38.0. The van der Waals surface area contributed by atoms with Crippen LogP contribution < -0.4 is 0 Å². The normalized spacial score (nSPS) is 20.2. The minimum Gasteiger partial charge on any atom is -0.414 e. The molecule has 0 amide bonds. The van der Waals surface area contributed by atoms with Crippen LogP contribution in [0, 0.1) is 16.7 Å². The molecule has 2 aromatic rings. The number of aliphatic hydroxyl groups is 2. The molecular weight excluding hydrogens is 1020 g/mol. The molecule has 2 fully saturated rings. The Balaban J connectivity index is 1.66. The molecule has 2 N–H and O–H groups in total. The molecular formula is C72H126O6Si2. The van der Waals surface area contributed by atoms with E-state index in [-0.39, 0.29) is 20.9 Å². The first-order valence-electron chi connectivity index (χ1n) is 33.5. The minimum atomic E-state index is -2.03. The van der Waals surface area contributed by atoms with E-state index in [1.807, 2.05) is 0 Å². The van der Waals surface area contributed by atoms with Gasteiger partial charge < -0.3 is 28.5 Å². The molecule has 8 heteroatoms. The average Bonchev–Trinajstić information content (AvgIpc) is 4.04. The van der Waals surface area contributed by atoms with Crippen LogP contribution in [-0.2, 0) is 31.5 Å². The molecule has 0 heterocycles. The lowest BCUT2D eigenvalue weighted by molar-refractivity contribution is 0.116. The molecule has 4 atom stereocenters. The van der Waals surface area contributed by atoms with Gasteiger partial charge in [0.1, 0.15) is 0 Å². The van der Waals surface area contributed by atoms with Crippen molar-refractivity contribution in [1.29, 1.82) is 0 Å². The molecule has 0 aromatic heterocycles. The maximum absolute atomic E-state index is 9.46. The molecule has 0 spiro atoms. The Kier molecular flexibility index (Phi) is 33.7. The fourth-order valence-corrected chi connectivity index (χ4v) is 15.5. The third-order valence-corrected chi connectivity index (χ3v) is 28.7. The molecule has 2 aliphatic carbocycles. The lowest BCUT2D eigenvalue weighted by Crippen LogP contribution is -2.43. The van der Waals surface area contributed by atoms with Crippen LogP contribution in [0.2, 0.25) is 36.3 Å². The Hall–Kier alpha value is -1.89. The van der Waals surface area contributed by atoms with Crippen molar-refractivity contribution in [2.24, 2.45) is 16.7 Å². The van der Waals surface area contributed by atoms with Gasteiger partial charge in [-0.15, -0.1) is 0 Å². The summed E-state index contributed by atoms with van der Waals surface area (Å²) >= 11 is 0. The third-order valence-electron chi connectivity index (χ3n) is 19.6. The van der Waals surface area contributed by atoms with Gasteiger partial charge in [0.05, 0.1) is 13.2 Å². The zero-order valence-corrected chi connectivity index (χ0v) is 55.8. The Labute approximate surface area is 496 Å². The smallest absolute Gasteiger partial charge is 0.192 e. The monoisotopic (exact) mass is 1140 g/mol. The summed E-state index contributed by atoms with van der Waals surface area (Å²) in [6.07, 6.45) is 49.0. The van der Waals surface area contributed by atoms with Gasteiger partial charge in [0, 0.05) is 44.1 Å². The van der Waals surface area contributed by atoms with Crippen LogP contribution in [-0.4, -0.2) is 65.5 Å². The van der Waals surface area contributed by atoms with E-state index in [2.05, 4.69) is 147 Å². The van der Waals surface area contributed by atoms with Gasteiger partial charge in [-0.2, -0.15) is 0 Å². The third kappa shape index (κ3) is 27.0. The van der Waals surface area contributed by atoms with E-state index >= 15 is 0 Å². The van der Waals surface area contributed by atoms with E-state index in [9.17, 15) is 10.2 Å². The number of aliphatic hydroxyl groups excluding tert-OH is 2. The molecule has 2 saturated carbocycles. The summed E-state index contributed by atoms with van der Waals surface area (Å²) in [7, 11) is -4.01. The number of benzene rings is 2. The first kappa shape index (κ1) is 70.6. The van der Waals surface area contributed by atoms with E-state index in [1.54, 1.807) is 5.57 Å². The molecule has 4 unspecified atom stereocenters. The van der Waals surface area contributed by atoms with E-state index in [4.69, 9.17) is 18.3 Å². The van der Waals surface area contributed by atoms with Gasteiger partial charge >= 0.3 is 0 Å². The quantitative estimate of drug-likeness (QED) is 0.0391.